The zero-order valence-corrected chi connectivity index (χ0v) is 19.8. The first-order valence-electron chi connectivity index (χ1n) is 12.3. The highest BCUT2D eigenvalue weighted by molar-refractivity contribution is 5.93. The molecule has 1 amide bonds. The van der Waals surface area contributed by atoms with Gasteiger partial charge in [0.05, 0.1) is 5.56 Å². The summed E-state index contributed by atoms with van der Waals surface area (Å²) in [6.45, 7) is 2.40. The highest BCUT2D eigenvalue weighted by Gasteiger charge is 2.26. The molecule has 0 bridgehead atoms. The minimum atomic E-state index is 0.236. The number of hydrogen-bond acceptors (Lipinski definition) is 6. The molecular formula is C28H31N5O2. The number of nitrogens with two attached hydrogens (primary N) is 1. The van der Waals surface area contributed by atoms with Gasteiger partial charge < -0.3 is 20.7 Å². The van der Waals surface area contributed by atoms with E-state index in [0.29, 0.717) is 11.7 Å². The Labute approximate surface area is 206 Å². The summed E-state index contributed by atoms with van der Waals surface area (Å²) >= 11 is 0. The largest absolute Gasteiger partial charge is 0.457 e. The number of benzene rings is 2. The van der Waals surface area contributed by atoms with E-state index in [4.69, 9.17) is 10.5 Å². The molecule has 0 radical (unpaired) electrons. The maximum Gasteiger partial charge on any atom is 0.249 e. The first-order valence-corrected chi connectivity index (χ1v) is 12.3. The van der Waals surface area contributed by atoms with Crippen LogP contribution in [0.3, 0.4) is 0 Å². The molecule has 0 saturated carbocycles. The van der Waals surface area contributed by atoms with Gasteiger partial charge in [-0.3, -0.25) is 4.79 Å². The van der Waals surface area contributed by atoms with Gasteiger partial charge in [-0.2, -0.15) is 0 Å². The number of amides is 1. The van der Waals surface area contributed by atoms with Gasteiger partial charge in [-0.05, 0) is 67.9 Å². The third-order valence-electron chi connectivity index (χ3n) is 6.77. The van der Waals surface area contributed by atoms with Gasteiger partial charge in [0.15, 0.2) is 0 Å². The molecule has 3 aromatic rings. The smallest absolute Gasteiger partial charge is 0.249 e. The van der Waals surface area contributed by atoms with Gasteiger partial charge >= 0.3 is 0 Å². The number of allylic oxidation sites excluding steroid dienone is 1. The molecule has 5 rings (SSSR count). The summed E-state index contributed by atoms with van der Waals surface area (Å²) in [7, 11) is 0. The maximum absolute atomic E-state index is 12.7. The molecule has 1 saturated heterocycles. The van der Waals surface area contributed by atoms with E-state index in [0.717, 1.165) is 85.8 Å². The van der Waals surface area contributed by atoms with Gasteiger partial charge in [-0.1, -0.05) is 36.4 Å². The summed E-state index contributed by atoms with van der Waals surface area (Å²) in [6, 6.07) is 17.5. The average molecular weight is 470 g/mol. The van der Waals surface area contributed by atoms with Gasteiger partial charge in [-0.15, -0.1) is 0 Å². The maximum atomic E-state index is 12.7. The fourth-order valence-corrected chi connectivity index (χ4v) is 4.78. The van der Waals surface area contributed by atoms with E-state index in [9.17, 15) is 4.79 Å². The Morgan fingerprint density at radius 1 is 1.03 bits per heavy atom. The number of hydrogen-bond donors (Lipinski definition) is 2. The third kappa shape index (κ3) is 5.45. The number of carbonyl (C=O) groups excluding carboxylic acids is 1. The van der Waals surface area contributed by atoms with Crippen molar-refractivity contribution in [1.29, 1.82) is 0 Å². The Hall–Kier alpha value is -3.87. The summed E-state index contributed by atoms with van der Waals surface area (Å²) in [5, 5.41) is 3.50. The standard InChI is InChI=1S/C28H31N5O2/c29-26-25(21-10-12-24(13-11-21)35-23-8-2-1-3-9-23)27(32-19-31-26)30-18-20-14-16-33(17-15-20)28(34)22-6-4-5-7-22/h1-3,6,8-13,19-20H,4-5,7,14-18H2,(H3,29,30,31,32). The Morgan fingerprint density at radius 3 is 2.49 bits per heavy atom. The van der Waals surface area contributed by atoms with Crippen LogP contribution in [0.1, 0.15) is 32.1 Å². The molecule has 0 spiro atoms. The Balaban J connectivity index is 1.21. The second kappa shape index (κ2) is 10.6. The summed E-state index contributed by atoms with van der Waals surface area (Å²) in [4.78, 5) is 23.4. The topological polar surface area (TPSA) is 93.4 Å². The summed E-state index contributed by atoms with van der Waals surface area (Å²) < 4.78 is 5.90. The van der Waals surface area contributed by atoms with Gasteiger partial charge in [-0.25, -0.2) is 9.97 Å². The Bertz CT molecular complexity index is 1190. The molecule has 1 aliphatic carbocycles. The van der Waals surface area contributed by atoms with Crippen molar-refractivity contribution in [2.45, 2.75) is 32.1 Å². The molecule has 1 aliphatic heterocycles. The van der Waals surface area contributed by atoms with Crippen LogP contribution in [0.15, 0.2) is 72.6 Å². The fourth-order valence-electron chi connectivity index (χ4n) is 4.78. The predicted octanol–water partition coefficient (Wildman–Crippen LogP) is 5.28. The second-order valence-electron chi connectivity index (χ2n) is 9.16. The van der Waals surface area contributed by atoms with Crippen molar-refractivity contribution in [3.8, 4) is 22.6 Å². The highest BCUT2D eigenvalue weighted by atomic mass is 16.5. The van der Waals surface area contributed by atoms with Crippen molar-refractivity contribution in [3.63, 3.8) is 0 Å². The number of anilines is 2. The Kier molecular flexibility index (Phi) is 6.93. The molecule has 0 atom stereocenters. The van der Waals surface area contributed by atoms with E-state index in [2.05, 4.69) is 21.4 Å². The minimum Gasteiger partial charge on any atom is -0.457 e. The number of nitrogens with one attached hydrogen (secondary N) is 1. The molecule has 2 aromatic carbocycles. The van der Waals surface area contributed by atoms with E-state index < -0.39 is 0 Å². The lowest BCUT2D eigenvalue weighted by atomic mass is 9.96. The van der Waals surface area contributed by atoms with E-state index >= 15 is 0 Å². The number of nitrogens with zero attached hydrogens (tertiary/aromatic N) is 3. The van der Waals surface area contributed by atoms with E-state index in [-0.39, 0.29) is 5.91 Å². The van der Waals surface area contributed by atoms with E-state index in [1.165, 1.54) is 6.33 Å². The van der Waals surface area contributed by atoms with Crippen molar-refractivity contribution in [3.05, 3.63) is 72.6 Å². The number of para-hydroxylation sites is 1. The summed E-state index contributed by atoms with van der Waals surface area (Å²) in [6.07, 6.45) is 8.63. The molecule has 1 aromatic heterocycles. The number of nitrogen functional groups attached to an aromatic ring is 1. The van der Waals surface area contributed by atoms with Crippen molar-refractivity contribution in [2.75, 3.05) is 30.7 Å². The highest BCUT2D eigenvalue weighted by Crippen LogP contribution is 2.33. The molecule has 2 heterocycles. The van der Waals surface area contributed by atoms with Crippen molar-refractivity contribution >= 4 is 17.5 Å². The molecule has 0 unspecified atom stereocenters. The molecule has 180 valence electrons. The van der Waals surface area contributed by atoms with Crippen molar-refractivity contribution < 1.29 is 9.53 Å². The second-order valence-corrected chi connectivity index (χ2v) is 9.16. The molecular weight excluding hydrogens is 438 g/mol. The molecule has 3 N–H and O–H groups in total. The first-order chi connectivity index (χ1) is 17.2. The van der Waals surface area contributed by atoms with E-state index in [1.807, 2.05) is 59.5 Å². The quantitative estimate of drug-likeness (QED) is 0.489. The van der Waals surface area contributed by atoms with E-state index in [1.54, 1.807) is 0 Å². The van der Waals surface area contributed by atoms with Crippen LogP contribution in [0.2, 0.25) is 0 Å². The molecule has 1 fully saturated rings. The zero-order chi connectivity index (χ0) is 24.0. The molecule has 7 heteroatoms. The number of ether oxygens (including phenoxy) is 1. The number of piperidine rings is 1. The average Bonchev–Trinajstić information content (AvgIpc) is 3.44. The van der Waals surface area contributed by atoms with Crippen LogP contribution in [0.25, 0.3) is 11.1 Å². The number of carbonyl (C=O) groups is 1. The monoisotopic (exact) mass is 469 g/mol. The van der Waals surface area contributed by atoms with Crippen LogP contribution in [0, 0.1) is 5.92 Å². The van der Waals surface area contributed by atoms with Gasteiger partial charge in [0, 0.05) is 25.2 Å². The fraction of sp³-hybridized carbons (Fsp3) is 0.321. The lowest BCUT2D eigenvalue weighted by Gasteiger charge is -2.32. The zero-order valence-electron chi connectivity index (χ0n) is 19.8. The first kappa shape index (κ1) is 22.9. The predicted molar refractivity (Wildman–Crippen MR) is 138 cm³/mol. The minimum absolute atomic E-state index is 0.236. The van der Waals surface area contributed by atoms with Crippen LogP contribution in [-0.2, 0) is 4.79 Å². The third-order valence-corrected chi connectivity index (χ3v) is 6.77. The Morgan fingerprint density at radius 2 is 1.77 bits per heavy atom. The van der Waals surface area contributed by atoms with Crippen molar-refractivity contribution in [1.82, 2.24) is 14.9 Å². The molecule has 35 heavy (non-hydrogen) atoms. The normalized spacial score (nSPS) is 16.1. The summed E-state index contributed by atoms with van der Waals surface area (Å²) in [5.41, 5.74) is 8.98. The number of likely N-dealkylation sites (tertiary alicyclic amines) is 1. The lowest BCUT2D eigenvalue weighted by Crippen LogP contribution is -2.40. The van der Waals surface area contributed by atoms with Crippen LogP contribution < -0.4 is 15.8 Å². The van der Waals surface area contributed by atoms with Crippen LogP contribution in [0.4, 0.5) is 11.6 Å². The van der Waals surface area contributed by atoms with Gasteiger partial charge in [0.25, 0.3) is 0 Å². The molecule has 7 nitrogen and oxygen atoms in total. The van der Waals surface area contributed by atoms with Crippen molar-refractivity contribution in [2.24, 2.45) is 5.92 Å². The van der Waals surface area contributed by atoms with Crippen LogP contribution in [0.5, 0.6) is 11.5 Å². The lowest BCUT2D eigenvalue weighted by molar-refractivity contribution is -0.128. The van der Waals surface area contributed by atoms with Crippen LogP contribution in [-0.4, -0.2) is 40.4 Å². The molecule has 2 aliphatic rings. The SMILES string of the molecule is Nc1ncnc(NCC2CCN(C(=O)C3=CCCC3)CC2)c1-c1ccc(Oc2ccccc2)cc1. The summed E-state index contributed by atoms with van der Waals surface area (Å²) in [5.74, 6) is 3.41. The van der Waals surface area contributed by atoms with Crippen LogP contribution >= 0.6 is 0 Å². The van der Waals surface area contributed by atoms with Gasteiger partial charge in [0.1, 0.15) is 29.5 Å². The number of aromatic nitrogens is 2. The van der Waals surface area contributed by atoms with Gasteiger partial charge in [0.2, 0.25) is 5.91 Å². The number of rotatable bonds is 7.